The van der Waals surface area contributed by atoms with E-state index >= 15 is 0 Å². The monoisotopic (exact) mass is 384 g/mol. The van der Waals surface area contributed by atoms with Crippen molar-refractivity contribution in [2.75, 3.05) is 26.7 Å². The second kappa shape index (κ2) is 11.3. The van der Waals surface area contributed by atoms with E-state index in [2.05, 4.69) is 27.9 Å². The van der Waals surface area contributed by atoms with Crippen LogP contribution in [0, 0.1) is 5.41 Å². The van der Waals surface area contributed by atoms with Crippen LogP contribution in [-0.4, -0.2) is 38.5 Å². The predicted molar refractivity (Wildman–Crippen MR) is 92.2 cm³/mol. The normalized spacial score (nSPS) is 11.5. The van der Waals surface area contributed by atoms with E-state index in [9.17, 15) is 4.79 Å². The maximum absolute atomic E-state index is 11.6. The van der Waals surface area contributed by atoms with Crippen LogP contribution in [0.25, 0.3) is 0 Å². The fourth-order valence-corrected chi connectivity index (χ4v) is 1.23. The molecule has 0 fully saturated rings. The molecule has 0 saturated carbocycles. The number of guanidine groups is 1. The lowest BCUT2D eigenvalue weighted by molar-refractivity contribution is -0.128. The number of halogens is 1. The molecule has 6 heteroatoms. The quantitative estimate of drug-likeness (QED) is 0.283. The van der Waals surface area contributed by atoms with E-state index in [4.69, 9.17) is 0 Å². The minimum Gasteiger partial charge on any atom is -0.356 e. The Labute approximate surface area is 134 Å². The Kier molecular flexibility index (Phi) is 12.4. The summed E-state index contributed by atoms with van der Waals surface area (Å²) in [6.45, 7) is 10.1. The molecule has 1 amide bonds. The molecule has 114 valence electrons. The van der Waals surface area contributed by atoms with E-state index in [1.165, 1.54) is 0 Å². The first-order chi connectivity index (χ1) is 8.41. The van der Waals surface area contributed by atoms with Crippen LogP contribution in [-0.2, 0) is 4.79 Å². The van der Waals surface area contributed by atoms with E-state index in [0.717, 1.165) is 25.3 Å². The zero-order chi connectivity index (χ0) is 14.0. The molecule has 0 bridgehead atoms. The lowest BCUT2D eigenvalue weighted by Crippen LogP contribution is -2.43. The molecule has 0 radical (unpaired) electrons. The van der Waals surface area contributed by atoms with Crippen LogP contribution in [0.4, 0.5) is 0 Å². The summed E-state index contributed by atoms with van der Waals surface area (Å²) >= 11 is 0. The predicted octanol–water partition coefficient (Wildman–Crippen LogP) is 1.73. The first-order valence-electron chi connectivity index (χ1n) is 6.64. The SMILES string of the molecule is CCCCNC(=NC)NCCNC(=O)C(C)(C)C.I. The van der Waals surface area contributed by atoms with Gasteiger partial charge in [-0.3, -0.25) is 9.79 Å². The van der Waals surface area contributed by atoms with Gasteiger partial charge in [0.15, 0.2) is 5.96 Å². The standard InChI is InChI=1S/C13H28N4O.HI/c1-6-7-8-16-12(14-5)17-10-9-15-11(18)13(2,3)4;/h6-10H2,1-5H3,(H,15,18)(H2,14,16,17);1H. The van der Waals surface area contributed by atoms with Crippen LogP contribution in [0.1, 0.15) is 40.5 Å². The number of carbonyl (C=O) groups is 1. The van der Waals surface area contributed by atoms with E-state index < -0.39 is 0 Å². The molecular weight excluding hydrogens is 355 g/mol. The van der Waals surface area contributed by atoms with Gasteiger partial charge in [0.25, 0.3) is 0 Å². The Morgan fingerprint density at radius 2 is 1.58 bits per heavy atom. The van der Waals surface area contributed by atoms with Crippen LogP contribution < -0.4 is 16.0 Å². The summed E-state index contributed by atoms with van der Waals surface area (Å²) in [5, 5.41) is 9.26. The molecule has 0 aliphatic carbocycles. The lowest BCUT2D eigenvalue weighted by Gasteiger charge is -2.18. The van der Waals surface area contributed by atoms with Gasteiger partial charge in [-0.15, -0.1) is 24.0 Å². The number of nitrogens with one attached hydrogen (secondary N) is 3. The molecule has 0 saturated heterocycles. The van der Waals surface area contributed by atoms with Crippen molar-refractivity contribution in [3.8, 4) is 0 Å². The molecule has 0 aromatic carbocycles. The summed E-state index contributed by atoms with van der Waals surface area (Å²) in [7, 11) is 1.75. The Hall–Kier alpha value is -0.530. The maximum atomic E-state index is 11.6. The van der Waals surface area contributed by atoms with Crippen molar-refractivity contribution in [1.29, 1.82) is 0 Å². The smallest absolute Gasteiger partial charge is 0.225 e. The molecule has 0 aliphatic rings. The van der Waals surface area contributed by atoms with Crippen LogP contribution in [0.15, 0.2) is 4.99 Å². The fraction of sp³-hybridized carbons (Fsp3) is 0.846. The largest absolute Gasteiger partial charge is 0.356 e. The van der Waals surface area contributed by atoms with Gasteiger partial charge in [0, 0.05) is 32.1 Å². The summed E-state index contributed by atoms with van der Waals surface area (Å²) in [6.07, 6.45) is 2.28. The highest BCUT2D eigenvalue weighted by molar-refractivity contribution is 14.0. The topological polar surface area (TPSA) is 65.5 Å². The third kappa shape index (κ3) is 11.0. The van der Waals surface area contributed by atoms with Crippen molar-refractivity contribution in [3.63, 3.8) is 0 Å². The molecule has 0 heterocycles. The van der Waals surface area contributed by atoms with Crippen molar-refractivity contribution in [2.24, 2.45) is 10.4 Å². The Balaban J connectivity index is 0. The third-order valence-electron chi connectivity index (χ3n) is 2.43. The van der Waals surface area contributed by atoms with Gasteiger partial charge in [0.2, 0.25) is 5.91 Å². The molecule has 0 aromatic rings. The third-order valence-corrected chi connectivity index (χ3v) is 2.43. The summed E-state index contributed by atoms with van der Waals surface area (Å²) < 4.78 is 0. The summed E-state index contributed by atoms with van der Waals surface area (Å²) in [6, 6.07) is 0. The molecule has 3 N–H and O–H groups in total. The van der Waals surface area contributed by atoms with Gasteiger partial charge < -0.3 is 16.0 Å². The lowest BCUT2D eigenvalue weighted by atomic mass is 9.96. The average Bonchev–Trinajstić information content (AvgIpc) is 2.30. The molecule has 0 atom stereocenters. The van der Waals surface area contributed by atoms with Gasteiger partial charge in [-0.25, -0.2) is 0 Å². The van der Waals surface area contributed by atoms with Gasteiger partial charge in [-0.2, -0.15) is 0 Å². The highest BCUT2D eigenvalue weighted by atomic mass is 127. The summed E-state index contributed by atoms with van der Waals surface area (Å²) in [5.41, 5.74) is -0.332. The second-order valence-electron chi connectivity index (χ2n) is 5.29. The second-order valence-corrected chi connectivity index (χ2v) is 5.29. The maximum Gasteiger partial charge on any atom is 0.225 e. The number of aliphatic imine (C=N–C) groups is 1. The molecule has 0 aliphatic heterocycles. The number of unbranched alkanes of at least 4 members (excludes halogenated alkanes) is 1. The first-order valence-corrected chi connectivity index (χ1v) is 6.64. The number of rotatable bonds is 6. The zero-order valence-corrected chi connectivity index (χ0v) is 15.1. The van der Waals surface area contributed by atoms with Crippen LogP contribution >= 0.6 is 24.0 Å². The van der Waals surface area contributed by atoms with Crippen molar-refractivity contribution in [1.82, 2.24) is 16.0 Å². The highest BCUT2D eigenvalue weighted by Gasteiger charge is 2.20. The Morgan fingerprint density at radius 1 is 1.05 bits per heavy atom. The fourth-order valence-electron chi connectivity index (χ4n) is 1.23. The number of carbonyl (C=O) groups excluding carboxylic acids is 1. The highest BCUT2D eigenvalue weighted by Crippen LogP contribution is 2.11. The van der Waals surface area contributed by atoms with Gasteiger partial charge in [-0.1, -0.05) is 34.1 Å². The Bertz CT molecular complexity index is 274. The van der Waals surface area contributed by atoms with Crippen molar-refractivity contribution >= 4 is 35.8 Å². The molecule has 0 rings (SSSR count). The Morgan fingerprint density at radius 3 is 2.05 bits per heavy atom. The van der Waals surface area contributed by atoms with E-state index in [1.54, 1.807) is 7.05 Å². The molecular formula is C13H29IN4O. The zero-order valence-electron chi connectivity index (χ0n) is 12.8. The minimum absolute atomic E-state index is 0. The van der Waals surface area contributed by atoms with Crippen molar-refractivity contribution < 1.29 is 4.79 Å². The molecule has 5 nitrogen and oxygen atoms in total. The van der Waals surface area contributed by atoms with Gasteiger partial charge in [0.1, 0.15) is 0 Å². The molecule has 0 unspecified atom stereocenters. The van der Waals surface area contributed by atoms with Gasteiger partial charge >= 0.3 is 0 Å². The number of amides is 1. The van der Waals surface area contributed by atoms with E-state index in [-0.39, 0.29) is 35.3 Å². The number of hydrogen-bond donors (Lipinski definition) is 3. The van der Waals surface area contributed by atoms with E-state index in [1.807, 2.05) is 20.8 Å². The van der Waals surface area contributed by atoms with E-state index in [0.29, 0.717) is 13.1 Å². The van der Waals surface area contributed by atoms with Crippen molar-refractivity contribution in [3.05, 3.63) is 0 Å². The molecule has 0 aromatic heterocycles. The number of nitrogens with zero attached hydrogens (tertiary/aromatic N) is 1. The van der Waals surface area contributed by atoms with Crippen molar-refractivity contribution in [2.45, 2.75) is 40.5 Å². The van der Waals surface area contributed by atoms with Crippen LogP contribution in [0.2, 0.25) is 0 Å². The van der Waals surface area contributed by atoms with Gasteiger partial charge in [0.05, 0.1) is 0 Å². The van der Waals surface area contributed by atoms with Crippen LogP contribution in [0.5, 0.6) is 0 Å². The summed E-state index contributed by atoms with van der Waals surface area (Å²) in [4.78, 5) is 15.7. The molecule has 19 heavy (non-hydrogen) atoms. The average molecular weight is 384 g/mol. The van der Waals surface area contributed by atoms with Crippen LogP contribution in [0.3, 0.4) is 0 Å². The summed E-state index contributed by atoms with van der Waals surface area (Å²) in [5.74, 6) is 0.853. The molecule has 0 spiro atoms. The van der Waals surface area contributed by atoms with Gasteiger partial charge in [-0.05, 0) is 6.42 Å². The number of hydrogen-bond acceptors (Lipinski definition) is 2. The first kappa shape index (κ1) is 20.8. The minimum atomic E-state index is -0.332.